The van der Waals surface area contributed by atoms with Gasteiger partial charge in [0.25, 0.3) is 0 Å². The lowest BCUT2D eigenvalue weighted by Gasteiger charge is -2.17. The number of halogens is 1. The van der Waals surface area contributed by atoms with Gasteiger partial charge in [-0.05, 0) is 54.4 Å². The molecule has 2 aromatic heterocycles. The minimum atomic E-state index is 0.847. The standard InChI is InChI=1S/C13H16BrN3S/c1-15-8-12-16-13(10-5-6-11(14)18-10)9-4-2-3-7-17(9)12/h5-6,15H,2-4,7-8H2,1H3. The molecule has 0 aromatic carbocycles. The van der Waals surface area contributed by atoms with Crippen LogP contribution in [-0.2, 0) is 19.5 Å². The van der Waals surface area contributed by atoms with Crippen LogP contribution in [0.25, 0.3) is 10.6 Å². The highest BCUT2D eigenvalue weighted by atomic mass is 79.9. The summed E-state index contributed by atoms with van der Waals surface area (Å²) in [6.07, 6.45) is 3.71. The molecule has 0 fully saturated rings. The Balaban J connectivity index is 2.08. The molecule has 1 aliphatic rings. The molecule has 0 bridgehead atoms. The number of hydrogen-bond acceptors (Lipinski definition) is 3. The molecule has 3 nitrogen and oxygen atoms in total. The first-order valence-electron chi connectivity index (χ1n) is 6.28. The molecule has 0 spiro atoms. The molecule has 0 saturated heterocycles. The fourth-order valence-electron chi connectivity index (χ4n) is 2.55. The number of aromatic nitrogens is 2. The first kappa shape index (κ1) is 12.4. The number of nitrogens with one attached hydrogen (secondary N) is 1. The van der Waals surface area contributed by atoms with Crippen molar-refractivity contribution in [1.82, 2.24) is 14.9 Å². The van der Waals surface area contributed by atoms with Gasteiger partial charge < -0.3 is 9.88 Å². The maximum Gasteiger partial charge on any atom is 0.123 e. The highest BCUT2D eigenvalue weighted by molar-refractivity contribution is 9.11. The molecular formula is C13H16BrN3S. The predicted octanol–water partition coefficient (Wildman–Crippen LogP) is 3.43. The third-order valence-corrected chi connectivity index (χ3v) is 4.97. The number of rotatable bonds is 3. The molecule has 0 atom stereocenters. The molecule has 96 valence electrons. The Morgan fingerprint density at radius 3 is 3.06 bits per heavy atom. The molecule has 0 saturated carbocycles. The van der Waals surface area contributed by atoms with E-state index in [4.69, 9.17) is 4.98 Å². The van der Waals surface area contributed by atoms with E-state index in [1.54, 1.807) is 11.3 Å². The Morgan fingerprint density at radius 2 is 2.33 bits per heavy atom. The maximum atomic E-state index is 4.86. The van der Waals surface area contributed by atoms with Crippen LogP contribution in [0.3, 0.4) is 0 Å². The van der Waals surface area contributed by atoms with Crippen LogP contribution in [-0.4, -0.2) is 16.6 Å². The lowest BCUT2D eigenvalue weighted by atomic mass is 10.1. The second kappa shape index (κ2) is 5.15. The van der Waals surface area contributed by atoms with Crippen LogP contribution in [0.4, 0.5) is 0 Å². The third-order valence-electron chi connectivity index (χ3n) is 3.34. The van der Waals surface area contributed by atoms with Crippen LogP contribution in [0.2, 0.25) is 0 Å². The fraction of sp³-hybridized carbons (Fsp3) is 0.462. The van der Waals surface area contributed by atoms with E-state index in [1.165, 1.54) is 38.7 Å². The van der Waals surface area contributed by atoms with Crippen molar-refractivity contribution in [3.63, 3.8) is 0 Å². The summed E-state index contributed by atoms with van der Waals surface area (Å²) in [7, 11) is 1.98. The molecule has 3 heterocycles. The highest BCUT2D eigenvalue weighted by Gasteiger charge is 2.21. The molecular weight excluding hydrogens is 310 g/mol. The normalized spacial score (nSPS) is 14.8. The van der Waals surface area contributed by atoms with Crippen molar-refractivity contribution >= 4 is 27.3 Å². The zero-order chi connectivity index (χ0) is 12.5. The van der Waals surface area contributed by atoms with Gasteiger partial charge in [-0.1, -0.05) is 0 Å². The van der Waals surface area contributed by atoms with Crippen molar-refractivity contribution in [3.8, 4) is 10.6 Å². The van der Waals surface area contributed by atoms with E-state index in [2.05, 4.69) is 37.9 Å². The van der Waals surface area contributed by atoms with Gasteiger partial charge in [0.2, 0.25) is 0 Å². The lowest BCUT2D eigenvalue weighted by molar-refractivity contribution is 0.508. The molecule has 0 aliphatic carbocycles. The first-order valence-corrected chi connectivity index (χ1v) is 7.89. The Morgan fingerprint density at radius 1 is 1.44 bits per heavy atom. The van der Waals surface area contributed by atoms with Crippen molar-refractivity contribution < 1.29 is 0 Å². The fourth-order valence-corrected chi connectivity index (χ4v) is 3.95. The summed E-state index contributed by atoms with van der Waals surface area (Å²) in [5.74, 6) is 1.17. The third kappa shape index (κ3) is 2.15. The summed E-state index contributed by atoms with van der Waals surface area (Å²) in [4.78, 5) is 6.13. The minimum Gasteiger partial charge on any atom is -0.330 e. The molecule has 2 aromatic rings. The van der Waals surface area contributed by atoms with Gasteiger partial charge in [-0.3, -0.25) is 0 Å². The average Bonchev–Trinajstić information content (AvgIpc) is 2.95. The van der Waals surface area contributed by atoms with Crippen molar-refractivity contribution in [2.24, 2.45) is 0 Å². The van der Waals surface area contributed by atoms with E-state index in [0.29, 0.717) is 0 Å². The zero-order valence-corrected chi connectivity index (χ0v) is 12.8. The Bertz CT molecular complexity index is 559. The number of hydrogen-bond donors (Lipinski definition) is 1. The van der Waals surface area contributed by atoms with E-state index in [-0.39, 0.29) is 0 Å². The first-order chi connectivity index (χ1) is 8.79. The van der Waals surface area contributed by atoms with E-state index < -0.39 is 0 Å². The SMILES string of the molecule is CNCc1nc(-c2ccc(Br)s2)c2n1CCCC2. The van der Waals surface area contributed by atoms with Crippen LogP contribution in [0, 0.1) is 0 Å². The van der Waals surface area contributed by atoms with Crippen molar-refractivity contribution in [1.29, 1.82) is 0 Å². The van der Waals surface area contributed by atoms with Gasteiger partial charge in [-0.25, -0.2) is 4.98 Å². The van der Waals surface area contributed by atoms with Crippen LogP contribution in [0.5, 0.6) is 0 Å². The van der Waals surface area contributed by atoms with Crippen LogP contribution < -0.4 is 5.32 Å². The summed E-state index contributed by atoms with van der Waals surface area (Å²) < 4.78 is 3.58. The van der Waals surface area contributed by atoms with Crippen LogP contribution >= 0.6 is 27.3 Å². The topological polar surface area (TPSA) is 29.9 Å². The molecule has 0 unspecified atom stereocenters. The van der Waals surface area contributed by atoms with Crippen molar-refractivity contribution in [3.05, 3.63) is 27.4 Å². The van der Waals surface area contributed by atoms with Crippen molar-refractivity contribution in [2.75, 3.05) is 7.05 Å². The largest absolute Gasteiger partial charge is 0.330 e. The average molecular weight is 326 g/mol. The maximum absolute atomic E-state index is 4.86. The van der Waals surface area contributed by atoms with Gasteiger partial charge >= 0.3 is 0 Å². The quantitative estimate of drug-likeness (QED) is 0.936. The van der Waals surface area contributed by atoms with E-state index >= 15 is 0 Å². The van der Waals surface area contributed by atoms with Crippen molar-refractivity contribution in [2.45, 2.75) is 32.4 Å². The molecule has 0 radical (unpaired) electrons. The Labute approximate surface area is 119 Å². The summed E-state index contributed by atoms with van der Waals surface area (Å²) in [5.41, 5.74) is 2.61. The number of fused-ring (bicyclic) bond motifs is 1. The van der Waals surface area contributed by atoms with Crippen LogP contribution in [0.1, 0.15) is 24.4 Å². The van der Waals surface area contributed by atoms with Gasteiger partial charge in [-0.15, -0.1) is 11.3 Å². The van der Waals surface area contributed by atoms with E-state index in [9.17, 15) is 0 Å². The van der Waals surface area contributed by atoms with E-state index in [1.807, 2.05) is 7.05 Å². The monoisotopic (exact) mass is 325 g/mol. The predicted molar refractivity (Wildman–Crippen MR) is 78.9 cm³/mol. The van der Waals surface area contributed by atoms with Gasteiger partial charge in [0.1, 0.15) is 11.5 Å². The molecule has 1 aliphatic heterocycles. The molecule has 5 heteroatoms. The number of imidazole rings is 1. The second-order valence-corrected chi connectivity index (χ2v) is 7.03. The van der Waals surface area contributed by atoms with E-state index in [0.717, 1.165) is 19.5 Å². The summed E-state index contributed by atoms with van der Waals surface area (Å²) >= 11 is 5.30. The number of thiophene rings is 1. The summed E-state index contributed by atoms with van der Waals surface area (Å²) in [5, 5.41) is 3.21. The number of nitrogens with zero attached hydrogens (tertiary/aromatic N) is 2. The van der Waals surface area contributed by atoms with Gasteiger partial charge in [0, 0.05) is 12.2 Å². The lowest BCUT2D eigenvalue weighted by Crippen LogP contribution is -2.16. The highest BCUT2D eigenvalue weighted by Crippen LogP contribution is 2.35. The minimum absolute atomic E-state index is 0.847. The van der Waals surface area contributed by atoms with Crippen LogP contribution in [0.15, 0.2) is 15.9 Å². The second-order valence-electron chi connectivity index (χ2n) is 4.57. The van der Waals surface area contributed by atoms with Gasteiger partial charge in [0.05, 0.1) is 15.2 Å². The molecule has 1 N–H and O–H groups in total. The zero-order valence-electron chi connectivity index (χ0n) is 10.4. The molecule has 3 rings (SSSR count). The summed E-state index contributed by atoms with van der Waals surface area (Å²) in [6, 6.07) is 4.27. The molecule has 18 heavy (non-hydrogen) atoms. The summed E-state index contributed by atoms with van der Waals surface area (Å²) in [6.45, 7) is 1.96. The van der Waals surface area contributed by atoms with Gasteiger partial charge in [0.15, 0.2) is 0 Å². The van der Waals surface area contributed by atoms with Gasteiger partial charge in [-0.2, -0.15) is 0 Å². The Hall–Kier alpha value is -0.650. The smallest absolute Gasteiger partial charge is 0.123 e. The Kier molecular flexibility index (Phi) is 3.54. The molecule has 0 amide bonds.